The van der Waals surface area contributed by atoms with Gasteiger partial charge in [0.05, 0.1) is 22.0 Å². The van der Waals surface area contributed by atoms with Gasteiger partial charge in [0.2, 0.25) is 0 Å². The first kappa shape index (κ1) is 19.2. The number of benzene rings is 1. The molecule has 0 aliphatic heterocycles. The highest BCUT2D eigenvalue weighted by Gasteiger charge is 2.17. The lowest BCUT2D eigenvalue weighted by Crippen LogP contribution is -2.09. The van der Waals surface area contributed by atoms with Gasteiger partial charge in [-0.2, -0.15) is 0 Å². The van der Waals surface area contributed by atoms with Gasteiger partial charge in [0.15, 0.2) is 0 Å². The molecule has 0 aliphatic carbocycles. The van der Waals surface area contributed by atoms with Crippen molar-refractivity contribution in [2.24, 2.45) is 0 Å². The maximum atomic E-state index is 12.5. The van der Waals surface area contributed by atoms with E-state index in [1.807, 2.05) is 6.92 Å². The Morgan fingerprint density at radius 1 is 1.11 bits per heavy atom. The molecule has 0 aliphatic rings. The molecule has 0 bridgehead atoms. The number of nitrogens with zero attached hydrogens (tertiary/aromatic N) is 2. The number of aromatic nitrogens is 2. The molecule has 8 heteroatoms. The van der Waals surface area contributed by atoms with E-state index in [1.54, 1.807) is 43.3 Å². The van der Waals surface area contributed by atoms with Crippen LogP contribution < -0.4 is 4.74 Å². The van der Waals surface area contributed by atoms with E-state index >= 15 is 0 Å². The van der Waals surface area contributed by atoms with Crippen LogP contribution in [0.15, 0.2) is 40.9 Å². The Bertz CT molecular complexity index is 953. The Labute approximate surface area is 166 Å². The Kier molecular flexibility index (Phi) is 5.98. The molecule has 6 nitrogen and oxygen atoms in total. The van der Waals surface area contributed by atoms with Gasteiger partial charge in [0.25, 0.3) is 0 Å². The number of pyridine rings is 1. The topological polar surface area (TPSA) is 74.5 Å². The minimum absolute atomic E-state index is 0.101. The lowest BCUT2D eigenvalue weighted by atomic mass is 10.2. The van der Waals surface area contributed by atoms with E-state index in [-0.39, 0.29) is 18.4 Å². The second kappa shape index (κ2) is 8.41. The summed E-state index contributed by atoms with van der Waals surface area (Å²) in [6.07, 6.45) is 0. The number of carbonyl (C=O) groups is 1. The molecular weight excluding hydrogens is 391 g/mol. The van der Waals surface area contributed by atoms with Gasteiger partial charge >= 0.3 is 5.97 Å². The highest BCUT2D eigenvalue weighted by Crippen LogP contribution is 2.23. The Morgan fingerprint density at radius 2 is 1.89 bits per heavy atom. The van der Waals surface area contributed by atoms with Gasteiger partial charge in [-0.25, -0.2) is 9.78 Å². The maximum Gasteiger partial charge on any atom is 0.342 e. The van der Waals surface area contributed by atoms with Crippen molar-refractivity contribution in [3.05, 3.63) is 74.8 Å². The third-order valence-electron chi connectivity index (χ3n) is 3.88. The maximum absolute atomic E-state index is 12.5. The molecule has 0 saturated heterocycles. The van der Waals surface area contributed by atoms with Gasteiger partial charge in [-0.05, 0) is 38.1 Å². The van der Waals surface area contributed by atoms with Crippen LogP contribution in [0.2, 0.25) is 10.2 Å². The number of hydrogen-bond donors (Lipinski definition) is 0. The van der Waals surface area contributed by atoms with Crippen LogP contribution >= 0.6 is 23.2 Å². The molecule has 3 rings (SSSR count). The molecule has 3 aromatic rings. The molecule has 0 radical (unpaired) electrons. The molecule has 0 saturated carbocycles. The molecule has 27 heavy (non-hydrogen) atoms. The number of para-hydroxylation sites is 1. The van der Waals surface area contributed by atoms with E-state index in [0.717, 1.165) is 11.3 Å². The van der Waals surface area contributed by atoms with E-state index < -0.39 is 5.97 Å². The Morgan fingerprint density at radius 3 is 2.63 bits per heavy atom. The molecular formula is C19H16Cl2N2O4. The molecule has 0 unspecified atom stereocenters. The van der Waals surface area contributed by atoms with Crippen molar-refractivity contribution in [2.45, 2.75) is 27.1 Å². The second-order valence-corrected chi connectivity index (χ2v) is 6.52. The van der Waals surface area contributed by atoms with Crippen LogP contribution in [0, 0.1) is 13.8 Å². The lowest BCUT2D eigenvalue weighted by molar-refractivity contribution is 0.0463. The molecule has 0 spiro atoms. The number of halogens is 2. The molecule has 1 aromatic carbocycles. The molecule has 0 amide bonds. The van der Waals surface area contributed by atoms with E-state index in [1.165, 1.54) is 0 Å². The number of esters is 1. The summed E-state index contributed by atoms with van der Waals surface area (Å²) in [4.78, 5) is 16.6. The monoisotopic (exact) mass is 406 g/mol. The fourth-order valence-electron chi connectivity index (χ4n) is 2.39. The standard InChI is InChI=1S/C19H16Cl2N2O4/c1-11-14(12(2)27-23-11)9-25-17-6-4-3-5-13(17)19(24)26-10-16-15(20)7-8-18(21)22-16/h3-8H,9-10H2,1-2H3. The third-order valence-corrected chi connectivity index (χ3v) is 4.44. The number of hydrogen-bond acceptors (Lipinski definition) is 6. The van der Waals surface area contributed by atoms with Crippen molar-refractivity contribution < 1.29 is 18.8 Å². The summed E-state index contributed by atoms with van der Waals surface area (Å²) in [7, 11) is 0. The van der Waals surface area contributed by atoms with Gasteiger partial charge in [-0.3, -0.25) is 0 Å². The van der Waals surface area contributed by atoms with Crippen molar-refractivity contribution in [3.8, 4) is 5.75 Å². The zero-order valence-electron chi connectivity index (χ0n) is 14.7. The normalized spacial score (nSPS) is 10.7. The van der Waals surface area contributed by atoms with Crippen LogP contribution in [0.1, 0.15) is 33.1 Å². The summed E-state index contributed by atoms with van der Waals surface area (Å²) < 4.78 is 16.2. The average Bonchev–Trinajstić information content (AvgIpc) is 2.98. The molecule has 0 atom stereocenters. The molecule has 2 aromatic heterocycles. The van der Waals surface area contributed by atoms with Gasteiger partial charge in [0.1, 0.15) is 35.4 Å². The van der Waals surface area contributed by atoms with Crippen LogP contribution in [-0.4, -0.2) is 16.1 Å². The van der Waals surface area contributed by atoms with Crippen LogP contribution in [0.25, 0.3) is 0 Å². The van der Waals surface area contributed by atoms with E-state index in [0.29, 0.717) is 27.8 Å². The van der Waals surface area contributed by atoms with Crippen molar-refractivity contribution in [1.29, 1.82) is 0 Å². The summed E-state index contributed by atoms with van der Waals surface area (Å²) in [6, 6.07) is 9.98. The average molecular weight is 407 g/mol. The summed E-state index contributed by atoms with van der Waals surface area (Å²) in [5, 5.41) is 4.53. The molecule has 0 N–H and O–H groups in total. The first-order valence-corrected chi connectivity index (χ1v) is 8.83. The zero-order valence-corrected chi connectivity index (χ0v) is 16.2. The fourth-order valence-corrected chi connectivity index (χ4v) is 2.71. The van der Waals surface area contributed by atoms with E-state index in [4.69, 9.17) is 37.2 Å². The van der Waals surface area contributed by atoms with Crippen LogP contribution in [0.3, 0.4) is 0 Å². The first-order valence-electron chi connectivity index (χ1n) is 8.07. The minimum Gasteiger partial charge on any atom is -0.488 e. The van der Waals surface area contributed by atoms with Crippen molar-refractivity contribution in [3.63, 3.8) is 0 Å². The third kappa shape index (κ3) is 4.59. The minimum atomic E-state index is -0.554. The summed E-state index contributed by atoms with van der Waals surface area (Å²) in [5.41, 5.74) is 2.26. The van der Waals surface area contributed by atoms with Crippen LogP contribution in [0.5, 0.6) is 5.75 Å². The highest BCUT2D eigenvalue weighted by atomic mass is 35.5. The smallest absolute Gasteiger partial charge is 0.342 e. The second-order valence-electron chi connectivity index (χ2n) is 5.73. The predicted octanol–water partition coefficient (Wildman–Crippen LogP) is 4.93. The van der Waals surface area contributed by atoms with Gasteiger partial charge < -0.3 is 14.0 Å². The van der Waals surface area contributed by atoms with Crippen molar-refractivity contribution in [1.82, 2.24) is 10.1 Å². The number of aryl methyl sites for hydroxylation is 2. The molecule has 0 fully saturated rings. The quantitative estimate of drug-likeness (QED) is 0.426. The SMILES string of the molecule is Cc1noc(C)c1COc1ccccc1C(=O)OCc1nc(Cl)ccc1Cl. The number of carbonyl (C=O) groups excluding carboxylic acids is 1. The fraction of sp³-hybridized carbons (Fsp3) is 0.211. The largest absolute Gasteiger partial charge is 0.488 e. The Hall–Kier alpha value is -2.57. The molecule has 2 heterocycles. The summed E-state index contributed by atoms with van der Waals surface area (Å²) in [5.74, 6) is 0.518. The summed E-state index contributed by atoms with van der Waals surface area (Å²) in [6.45, 7) is 3.77. The number of rotatable bonds is 6. The molecule has 140 valence electrons. The van der Waals surface area contributed by atoms with Crippen LogP contribution in [0.4, 0.5) is 0 Å². The van der Waals surface area contributed by atoms with Crippen molar-refractivity contribution in [2.75, 3.05) is 0 Å². The van der Waals surface area contributed by atoms with Gasteiger partial charge in [-0.15, -0.1) is 0 Å². The highest BCUT2D eigenvalue weighted by molar-refractivity contribution is 6.32. The summed E-state index contributed by atoms with van der Waals surface area (Å²) >= 11 is 11.9. The van der Waals surface area contributed by atoms with Crippen LogP contribution in [-0.2, 0) is 18.0 Å². The van der Waals surface area contributed by atoms with Gasteiger partial charge in [0, 0.05) is 0 Å². The first-order chi connectivity index (χ1) is 13.0. The number of ether oxygens (including phenoxy) is 2. The van der Waals surface area contributed by atoms with Gasteiger partial charge in [-0.1, -0.05) is 40.5 Å². The van der Waals surface area contributed by atoms with Crippen molar-refractivity contribution >= 4 is 29.2 Å². The van der Waals surface area contributed by atoms with E-state index in [9.17, 15) is 4.79 Å². The predicted molar refractivity (Wildman–Crippen MR) is 100 cm³/mol. The van der Waals surface area contributed by atoms with E-state index in [2.05, 4.69) is 10.1 Å². The lowest BCUT2D eigenvalue weighted by Gasteiger charge is -2.11. The Balaban J connectivity index is 1.71. The zero-order chi connectivity index (χ0) is 19.4.